The van der Waals surface area contributed by atoms with E-state index in [4.69, 9.17) is 0 Å². The van der Waals surface area contributed by atoms with Crippen LogP contribution >= 0.6 is 0 Å². The van der Waals surface area contributed by atoms with Crippen LogP contribution in [0.3, 0.4) is 0 Å². The molecule has 0 fully saturated rings. The van der Waals surface area contributed by atoms with Crippen LogP contribution < -0.4 is 5.56 Å². The zero-order chi connectivity index (χ0) is 11.0. The van der Waals surface area contributed by atoms with E-state index in [-0.39, 0.29) is 11.4 Å². The number of aromatic nitrogens is 2. The molecule has 0 aliphatic carbocycles. The molecular formula is C11H12N2O2. The number of benzene rings is 1. The highest BCUT2D eigenvalue weighted by molar-refractivity contribution is 5.39. The molecule has 0 amide bonds. The first kappa shape index (κ1) is 9.58. The molecule has 4 nitrogen and oxygen atoms in total. The molecule has 15 heavy (non-hydrogen) atoms. The molecular weight excluding hydrogens is 192 g/mol. The second-order valence-corrected chi connectivity index (χ2v) is 3.56. The van der Waals surface area contributed by atoms with E-state index in [9.17, 15) is 9.90 Å². The largest absolute Gasteiger partial charge is 0.493 e. The van der Waals surface area contributed by atoms with Gasteiger partial charge in [-0.3, -0.25) is 9.89 Å². The van der Waals surface area contributed by atoms with Gasteiger partial charge >= 0.3 is 0 Å². The predicted molar refractivity (Wildman–Crippen MR) is 57.5 cm³/mol. The summed E-state index contributed by atoms with van der Waals surface area (Å²) in [6.07, 6.45) is 0. The van der Waals surface area contributed by atoms with Gasteiger partial charge in [-0.1, -0.05) is 12.1 Å². The van der Waals surface area contributed by atoms with Gasteiger partial charge in [-0.25, -0.2) is 4.68 Å². The van der Waals surface area contributed by atoms with Crippen LogP contribution in [0, 0.1) is 13.8 Å². The first-order chi connectivity index (χ1) is 7.09. The summed E-state index contributed by atoms with van der Waals surface area (Å²) in [5, 5.41) is 12.3. The van der Waals surface area contributed by atoms with Gasteiger partial charge in [-0.2, -0.15) is 0 Å². The first-order valence-electron chi connectivity index (χ1n) is 4.67. The molecule has 0 atom stereocenters. The number of nitrogens with zero attached hydrogens (tertiary/aromatic N) is 1. The topological polar surface area (TPSA) is 58.0 Å². The quantitative estimate of drug-likeness (QED) is 0.739. The Labute approximate surface area is 86.8 Å². The molecule has 0 saturated heterocycles. The Morgan fingerprint density at radius 1 is 1.33 bits per heavy atom. The number of nitrogens with one attached hydrogen (secondary N) is 1. The van der Waals surface area contributed by atoms with Crippen molar-refractivity contribution in [1.82, 2.24) is 9.78 Å². The van der Waals surface area contributed by atoms with Crippen LogP contribution in [0.1, 0.15) is 11.1 Å². The molecule has 1 heterocycles. The zero-order valence-corrected chi connectivity index (χ0v) is 8.61. The Bertz CT molecular complexity index is 552. The average Bonchev–Trinajstić information content (AvgIpc) is 2.46. The maximum Gasteiger partial charge on any atom is 0.271 e. The van der Waals surface area contributed by atoms with Gasteiger partial charge in [0.2, 0.25) is 5.88 Å². The SMILES string of the molecule is Cc1cccc(-n2[nH]c(=O)c(C)c2O)c1. The maximum atomic E-state index is 11.3. The van der Waals surface area contributed by atoms with Gasteiger partial charge in [0.05, 0.1) is 11.3 Å². The molecule has 0 aliphatic heterocycles. The molecule has 2 rings (SSSR count). The van der Waals surface area contributed by atoms with E-state index in [1.165, 1.54) is 4.68 Å². The third-order valence-electron chi connectivity index (χ3n) is 2.36. The number of H-pyrrole nitrogens is 1. The lowest BCUT2D eigenvalue weighted by Gasteiger charge is -2.04. The Morgan fingerprint density at radius 3 is 2.60 bits per heavy atom. The number of aromatic hydroxyl groups is 1. The van der Waals surface area contributed by atoms with Crippen LogP contribution in [0.4, 0.5) is 0 Å². The molecule has 4 heteroatoms. The molecule has 0 unspecified atom stereocenters. The molecule has 1 aromatic heterocycles. The summed E-state index contributed by atoms with van der Waals surface area (Å²) in [7, 11) is 0. The van der Waals surface area contributed by atoms with Crippen LogP contribution in [0.15, 0.2) is 29.1 Å². The number of aryl methyl sites for hydroxylation is 1. The lowest BCUT2D eigenvalue weighted by Crippen LogP contribution is -2.05. The molecule has 2 aromatic rings. The number of rotatable bonds is 1. The van der Waals surface area contributed by atoms with E-state index in [2.05, 4.69) is 5.10 Å². The minimum absolute atomic E-state index is 0.0365. The number of hydrogen-bond acceptors (Lipinski definition) is 2. The van der Waals surface area contributed by atoms with Gasteiger partial charge in [0.1, 0.15) is 0 Å². The monoisotopic (exact) mass is 204 g/mol. The van der Waals surface area contributed by atoms with Crippen LogP contribution in [0.2, 0.25) is 0 Å². The standard InChI is InChI=1S/C11H12N2O2/c1-7-4-3-5-9(6-7)13-11(15)8(2)10(14)12-13/h3-6,15H,1-2H3,(H,12,14). The third kappa shape index (κ3) is 1.54. The number of aromatic amines is 1. The van der Waals surface area contributed by atoms with Gasteiger partial charge in [-0.05, 0) is 31.5 Å². The Hall–Kier alpha value is -1.97. The van der Waals surface area contributed by atoms with Crippen LogP contribution in [0.5, 0.6) is 5.88 Å². The third-order valence-corrected chi connectivity index (χ3v) is 2.36. The van der Waals surface area contributed by atoms with Crippen molar-refractivity contribution >= 4 is 0 Å². The second-order valence-electron chi connectivity index (χ2n) is 3.56. The fourth-order valence-electron chi connectivity index (χ4n) is 1.46. The van der Waals surface area contributed by atoms with E-state index < -0.39 is 0 Å². The molecule has 78 valence electrons. The lowest BCUT2D eigenvalue weighted by atomic mass is 10.2. The molecule has 1 aromatic carbocycles. The summed E-state index contributed by atoms with van der Waals surface area (Å²) in [4.78, 5) is 11.3. The molecule has 0 spiro atoms. The van der Waals surface area contributed by atoms with Gasteiger partial charge in [0.15, 0.2) is 0 Å². The minimum Gasteiger partial charge on any atom is -0.493 e. The molecule has 0 radical (unpaired) electrons. The van der Waals surface area contributed by atoms with Crippen molar-refractivity contribution in [2.45, 2.75) is 13.8 Å². The van der Waals surface area contributed by atoms with E-state index in [1.807, 2.05) is 31.2 Å². The smallest absolute Gasteiger partial charge is 0.271 e. The Morgan fingerprint density at radius 2 is 2.07 bits per heavy atom. The van der Waals surface area contributed by atoms with Gasteiger partial charge in [-0.15, -0.1) is 0 Å². The highest BCUT2D eigenvalue weighted by atomic mass is 16.3. The minimum atomic E-state index is -0.269. The van der Waals surface area contributed by atoms with Gasteiger partial charge < -0.3 is 5.11 Å². The Balaban J connectivity index is 2.64. The van der Waals surface area contributed by atoms with Crippen molar-refractivity contribution in [1.29, 1.82) is 0 Å². The van der Waals surface area contributed by atoms with E-state index in [0.29, 0.717) is 5.56 Å². The highest BCUT2D eigenvalue weighted by Crippen LogP contribution is 2.17. The number of hydrogen-bond donors (Lipinski definition) is 2. The predicted octanol–water partition coefficient (Wildman–Crippen LogP) is 1.49. The summed E-state index contributed by atoms with van der Waals surface area (Å²) >= 11 is 0. The van der Waals surface area contributed by atoms with Gasteiger partial charge in [0, 0.05) is 0 Å². The van der Waals surface area contributed by atoms with Gasteiger partial charge in [0.25, 0.3) is 5.56 Å². The average molecular weight is 204 g/mol. The van der Waals surface area contributed by atoms with E-state index >= 15 is 0 Å². The van der Waals surface area contributed by atoms with Crippen molar-refractivity contribution in [3.05, 3.63) is 45.7 Å². The van der Waals surface area contributed by atoms with Crippen molar-refractivity contribution < 1.29 is 5.11 Å². The van der Waals surface area contributed by atoms with E-state index in [0.717, 1.165) is 11.3 Å². The maximum absolute atomic E-state index is 11.3. The summed E-state index contributed by atoms with van der Waals surface area (Å²) in [5.41, 5.74) is 1.88. The zero-order valence-electron chi connectivity index (χ0n) is 8.61. The Kier molecular flexibility index (Phi) is 2.11. The molecule has 0 saturated carbocycles. The highest BCUT2D eigenvalue weighted by Gasteiger charge is 2.10. The summed E-state index contributed by atoms with van der Waals surface area (Å²) in [5.74, 6) is -0.0365. The van der Waals surface area contributed by atoms with Crippen molar-refractivity contribution in [2.75, 3.05) is 0 Å². The second kappa shape index (κ2) is 3.31. The summed E-state index contributed by atoms with van der Waals surface area (Å²) < 4.78 is 1.38. The van der Waals surface area contributed by atoms with Crippen LogP contribution in [0.25, 0.3) is 5.69 Å². The summed E-state index contributed by atoms with van der Waals surface area (Å²) in [6.45, 7) is 3.54. The summed E-state index contributed by atoms with van der Waals surface area (Å²) in [6, 6.07) is 7.53. The molecule has 0 bridgehead atoms. The van der Waals surface area contributed by atoms with Crippen molar-refractivity contribution in [2.24, 2.45) is 0 Å². The first-order valence-corrected chi connectivity index (χ1v) is 4.67. The lowest BCUT2D eigenvalue weighted by molar-refractivity contribution is 0.430. The van der Waals surface area contributed by atoms with Crippen LogP contribution in [-0.2, 0) is 0 Å². The fourth-order valence-corrected chi connectivity index (χ4v) is 1.46. The fraction of sp³-hybridized carbons (Fsp3) is 0.182. The van der Waals surface area contributed by atoms with Crippen LogP contribution in [-0.4, -0.2) is 14.9 Å². The van der Waals surface area contributed by atoms with Crippen molar-refractivity contribution in [3.8, 4) is 11.6 Å². The normalized spacial score (nSPS) is 10.5. The molecule has 2 N–H and O–H groups in total. The van der Waals surface area contributed by atoms with E-state index in [1.54, 1.807) is 6.92 Å². The van der Waals surface area contributed by atoms with Crippen molar-refractivity contribution in [3.63, 3.8) is 0 Å². The molecule has 0 aliphatic rings.